The molecule has 1 unspecified atom stereocenters. The maximum atomic E-state index is 13.0. The predicted molar refractivity (Wildman–Crippen MR) is 132 cm³/mol. The highest BCUT2D eigenvalue weighted by Gasteiger charge is 2.33. The van der Waals surface area contributed by atoms with Crippen LogP contribution in [0.15, 0.2) is 42.5 Å². The van der Waals surface area contributed by atoms with Crippen molar-refractivity contribution in [3.05, 3.63) is 63.6 Å². The number of piperidine rings is 1. The van der Waals surface area contributed by atoms with E-state index in [0.29, 0.717) is 45.1 Å². The zero-order valence-electron chi connectivity index (χ0n) is 17.8. The number of carbonyl (C=O) groups is 1. The van der Waals surface area contributed by atoms with E-state index in [1.165, 1.54) is 15.6 Å². The number of amides is 1. The lowest BCUT2D eigenvalue weighted by Crippen LogP contribution is -2.44. The topological polar surface area (TPSA) is 92.3 Å². The Kier molecular flexibility index (Phi) is 7.35. The molecule has 0 spiro atoms. The van der Waals surface area contributed by atoms with Crippen LogP contribution >= 0.6 is 34.5 Å². The first-order valence-electron chi connectivity index (χ1n) is 10.3. The summed E-state index contributed by atoms with van der Waals surface area (Å²) in [6, 6.07) is 12.7. The number of carbonyl (C=O) groups excluding carboxylic acids is 1. The fraction of sp³-hybridized carbons (Fsp3) is 0.318. The van der Waals surface area contributed by atoms with Crippen LogP contribution in [0, 0.1) is 12.8 Å². The maximum absolute atomic E-state index is 13.0. The van der Waals surface area contributed by atoms with Crippen molar-refractivity contribution >= 4 is 55.6 Å². The lowest BCUT2D eigenvalue weighted by molar-refractivity contribution is -0.120. The van der Waals surface area contributed by atoms with Crippen LogP contribution in [0.1, 0.15) is 24.0 Å². The molecule has 1 aliphatic rings. The summed E-state index contributed by atoms with van der Waals surface area (Å²) >= 11 is 13.2. The summed E-state index contributed by atoms with van der Waals surface area (Å²) < 4.78 is 27.3. The largest absolute Gasteiger partial charge is 0.300 e. The van der Waals surface area contributed by atoms with Crippen LogP contribution in [-0.4, -0.2) is 41.9 Å². The first kappa shape index (κ1) is 24.1. The van der Waals surface area contributed by atoms with Gasteiger partial charge in [-0.3, -0.25) is 4.79 Å². The number of aromatic nitrogens is 2. The van der Waals surface area contributed by atoms with E-state index in [1.54, 1.807) is 18.2 Å². The Hall–Kier alpha value is -2.04. The van der Waals surface area contributed by atoms with Crippen molar-refractivity contribution in [3.63, 3.8) is 0 Å². The first-order valence-corrected chi connectivity index (χ1v) is 13.5. The third-order valence-corrected chi connectivity index (χ3v) is 8.88. The number of anilines is 1. The second-order valence-electron chi connectivity index (χ2n) is 7.97. The van der Waals surface area contributed by atoms with Crippen LogP contribution in [0.4, 0.5) is 5.13 Å². The van der Waals surface area contributed by atoms with Gasteiger partial charge < -0.3 is 5.32 Å². The van der Waals surface area contributed by atoms with Gasteiger partial charge in [-0.15, -0.1) is 10.2 Å². The van der Waals surface area contributed by atoms with E-state index in [0.717, 1.165) is 11.1 Å². The van der Waals surface area contributed by atoms with Crippen LogP contribution < -0.4 is 5.32 Å². The zero-order valence-corrected chi connectivity index (χ0v) is 20.9. The number of benzene rings is 2. The van der Waals surface area contributed by atoms with Crippen molar-refractivity contribution < 1.29 is 13.2 Å². The summed E-state index contributed by atoms with van der Waals surface area (Å²) in [5.41, 5.74) is 2.62. The standard InChI is InChI=1S/C22H22Cl2N4O3S2/c1-14-4-7-16(8-5-14)21-26-27-22(32-21)25-20(29)17-3-2-10-28(12-17)33(30,31)13-15-6-9-18(23)19(24)11-15/h4-9,11,17H,2-3,10,12-13H2,1H3,(H,25,27,29). The van der Waals surface area contributed by atoms with Crippen molar-refractivity contribution in [2.75, 3.05) is 18.4 Å². The highest BCUT2D eigenvalue weighted by Crippen LogP contribution is 2.29. The minimum Gasteiger partial charge on any atom is -0.300 e. The molecule has 174 valence electrons. The number of aryl methyl sites for hydroxylation is 1. The molecule has 33 heavy (non-hydrogen) atoms. The smallest absolute Gasteiger partial charge is 0.230 e. The van der Waals surface area contributed by atoms with Gasteiger partial charge in [0.05, 0.1) is 21.7 Å². The molecule has 1 fully saturated rings. The summed E-state index contributed by atoms with van der Waals surface area (Å²) in [7, 11) is -3.61. The minimum absolute atomic E-state index is 0.124. The van der Waals surface area contributed by atoms with E-state index in [4.69, 9.17) is 23.2 Å². The molecule has 1 N–H and O–H groups in total. The number of halogens is 2. The summed E-state index contributed by atoms with van der Waals surface area (Å²) in [6.07, 6.45) is 1.21. The zero-order chi connectivity index (χ0) is 23.6. The molecule has 0 radical (unpaired) electrons. The van der Waals surface area contributed by atoms with Crippen LogP contribution in [0.25, 0.3) is 10.6 Å². The second kappa shape index (κ2) is 10.1. The summed E-state index contributed by atoms with van der Waals surface area (Å²) in [5.74, 6) is -0.917. The number of hydrogen-bond donors (Lipinski definition) is 1. The number of nitrogens with zero attached hydrogens (tertiary/aromatic N) is 3. The van der Waals surface area contributed by atoms with Crippen molar-refractivity contribution in [1.29, 1.82) is 0 Å². The number of hydrogen-bond acceptors (Lipinski definition) is 6. The molecule has 7 nitrogen and oxygen atoms in total. The second-order valence-corrected chi connectivity index (χ2v) is 11.7. The molecule has 3 aromatic rings. The minimum atomic E-state index is -3.61. The Balaban J connectivity index is 1.40. The molecule has 1 aromatic heterocycles. The SMILES string of the molecule is Cc1ccc(-c2nnc(NC(=O)C3CCCN(S(=O)(=O)Cc4ccc(Cl)c(Cl)c4)C3)s2)cc1. The molecule has 4 rings (SSSR count). The Morgan fingerprint density at radius 1 is 1.15 bits per heavy atom. The van der Waals surface area contributed by atoms with E-state index in [1.807, 2.05) is 31.2 Å². The van der Waals surface area contributed by atoms with Crippen LogP contribution in [0.2, 0.25) is 10.0 Å². The molecule has 11 heteroatoms. The number of sulfonamides is 1. The van der Waals surface area contributed by atoms with Crippen LogP contribution in [0.5, 0.6) is 0 Å². The van der Waals surface area contributed by atoms with E-state index in [9.17, 15) is 13.2 Å². The molecule has 0 aliphatic carbocycles. The molecular weight excluding hydrogens is 503 g/mol. The van der Waals surface area contributed by atoms with Gasteiger partial charge in [-0.05, 0) is 37.5 Å². The van der Waals surface area contributed by atoms with Gasteiger partial charge in [0.15, 0.2) is 0 Å². The maximum Gasteiger partial charge on any atom is 0.230 e. The highest BCUT2D eigenvalue weighted by molar-refractivity contribution is 7.88. The molecule has 1 amide bonds. The third-order valence-electron chi connectivity index (χ3n) is 5.44. The first-order chi connectivity index (χ1) is 15.7. The quantitative estimate of drug-likeness (QED) is 0.489. The van der Waals surface area contributed by atoms with E-state index >= 15 is 0 Å². The Morgan fingerprint density at radius 3 is 2.64 bits per heavy atom. The highest BCUT2D eigenvalue weighted by atomic mass is 35.5. The van der Waals surface area contributed by atoms with Gasteiger partial charge in [0.25, 0.3) is 0 Å². The molecule has 2 aromatic carbocycles. The third kappa shape index (κ3) is 5.91. The van der Waals surface area contributed by atoms with Gasteiger partial charge in [0.1, 0.15) is 5.01 Å². The molecule has 0 bridgehead atoms. The van der Waals surface area contributed by atoms with Crippen LogP contribution in [0.3, 0.4) is 0 Å². The van der Waals surface area contributed by atoms with Gasteiger partial charge in [0, 0.05) is 18.7 Å². The molecule has 1 atom stereocenters. The van der Waals surface area contributed by atoms with Crippen molar-refractivity contribution in [1.82, 2.24) is 14.5 Å². The van der Waals surface area contributed by atoms with Gasteiger partial charge >= 0.3 is 0 Å². The summed E-state index contributed by atoms with van der Waals surface area (Å²) in [5, 5.41) is 12.8. The summed E-state index contributed by atoms with van der Waals surface area (Å²) in [6.45, 7) is 2.51. The van der Waals surface area contributed by atoms with Crippen molar-refractivity contribution in [2.45, 2.75) is 25.5 Å². The van der Waals surface area contributed by atoms with Crippen molar-refractivity contribution in [2.24, 2.45) is 5.92 Å². The lowest BCUT2D eigenvalue weighted by Gasteiger charge is -2.31. The molecular formula is C22H22Cl2N4O3S2. The fourth-order valence-electron chi connectivity index (χ4n) is 3.63. The average molecular weight is 525 g/mol. The molecule has 0 saturated carbocycles. The van der Waals surface area contributed by atoms with Crippen molar-refractivity contribution in [3.8, 4) is 10.6 Å². The van der Waals surface area contributed by atoms with Gasteiger partial charge in [-0.1, -0.05) is 70.4 Å². The van der Waals surface area contributed by atoms with E-state index in [-0.39, 0.29) is 18.2 Å². The van der Waals surface area contributed by atoms with E-state index in [2.05, 4.69) is 15.5 Å². The fourth-order valence-corrected chi connectivity index (χ4v) is 6.30. The number of nitrogens with one attached hydrogen (secondary N) is 1. The Bertz CT molecular complexity index is 1260. The van der Waals surface area contributed by atoms with E-state index < -0.39 is 15.9 Å². The lowest BCUT2D eigenvalue weighted by atomic mass is 9.99. The van der Waals surface area contributed by atoms with Gasteiger partial charge in [0.2, 0.25) is 21.1 Å². The van der Waals surface area contributed by atoms with Gasteiger partial charge in [-0.2, -0.15) is 0 Å². The molecule has 1 aliphatic heterocycles. The predicted octanol–water partition coefficient (Wildman–Crippen LogP) is 5.00. The molecule has 2 heterocycles. The Labute approximate surface area is 206 Å². The van der Waals surface area contributed by atoms with Gasteiger partial charge in [-0.25, -0.2) is 12.7 Å². The normalized spacial score (nSPS) is 17.1. The molecule has 1 saturated heterocycles. The monoisotopic (exact) mass is 524 g/mol. The Morgan fingerprint density at radius 2 is 1.91 bits per heavy atom. The summed E-state index contributed by atoms with van der Waals surface area (Å²) in [4.78, 5) is 12.8. The number of rotatable bonds is 6. The average Bonchev–Trinajstić information content (AvgIpc) is 3.25. The van der Waals surface area contributed by atoms with Crippen LogP contribution in [-0.2, 0) is 20.6 Å².